The first-order valence-corrected chi connectivity index (χ1v) is 7.49. The second kappa shape index (κ2) is 7.72. The highest BCUT2D eigenvalue weighted by Gasteiger charge is 2.08. The molecule has 5 nitrogen and oxygen atoms in total. The van der Waals surface area contributed by atoms with Crippen LogP contribution < -0.4 is 15.8 Å². The molecule has 3 N–H and O–H groups in total. The molecule has 2 rings (SSSR count). The van der Waals surface area contributed by atoms with Gasteiger partial charge in [-0.15, -0.1) is 0 Å². The van der Waals surface area contributed by atoms with Gasteiger partial charge in [-0.05, 0) is 30.5 Å². The summed E-state index contributed by atoms with van der Waals surface area (Å²) in [5, 5.41) is 2.69. The van der Waals surface area contributed by atoms with Gasteiger partial charge in [-0.25, -0.2) is 18.7 Å². The molecule has 0 unspecified atom stereocenters. The lowest BCUT2D eigenvalue weighted by Crippen LogP contribution is -2.12. The van der Waals surface area contributed by atoms with Gasteiger partial charge >= 0.3 is 6.01 Å². The van der Waals surface area contributed by atoms with E-state index in [0.29, 0.717) is 11.6 Å². The molecule has 0 aliphatic rings. The number of nitrogens with zero attached hydrogens (tertiary/aromatic N) is 2. The van der Waals surface area contributed by atoms with Crippen molar-refractivity contribution in [1.82, 2.24) is 9.97 Å². The van der Waals surface area contributed by atoms with Gasteiger partial charge in [0.1, 0.15) is 12.4 Å². The molecule has 128 valence electrons. The van der Waals surface area contributed by atoms with Crippen molar-refractivity contribution in [3.05, 3.63) is 59.2 Å². The Morgan fingerprint density at radius 3 is 2.58 bits per heavy atom. The topological polar surface area (TPSA) is 73.1 Å². The van der Waals surface area contributed by atoms with Crippen molar-refractivity contribution in [2.75, 3.05) is 11.9 Å². The number of rotatable bonds is 6. The van der Waals surface area contributed by atoms with Crippen LogP contribution >= 0.6 is 0 Å². The van der Waals surface area contributed by atoms with E-state index in [1.807, 2.05) is 13.8 Å². The number of anilines is 1. The second-order valence-electron chi connectivity index (χ2n) is 5.64. The van der Waals surface area contributed by atoms with Crippen LogP contribution in [0.25, 0.3) is 0 Å². The lowest BCUT2D eigenvalue weighted by molar-refractivity contribution is 0.321. The molecule has 1 aromatic heterocycles. The Labute approximate surface area is 139 Å². The summed E-state index contributed by atoms with van der Waals surface area (Å²) in [6.07, 6.45) is 4.78. The third-order valence-corrected chi connectivity index (χ3v) is 3.42. The second-order valence-corrected chi connectivity index (χ2v) is 5.64. The zero-order valence-electron chi connectivity index (χ0n) is 13.8. The zero-order valence-corrected chi connectivity index (χ0v) is 13.8. The van der Waals surface area contributed by atoms with E-state index >= 15 is 0 Å². The summed E-state index contributed by atoms with van der Waals surface area (Å²) in [6.45, 7) is 5.49. The van der Waals surface area contributed by atoms with Crippen molar-refractivity contribution < 1.29 is 13.5 Å². The van der Waals surface area contributed by atoms with Gasteiger partial charge < -0.3 is 15.8 Å². The van der Waals surface area contributed by atoms with Gasteiger partial charge in [-0.1, -0.05) is 13.8 Å². The molecule has 0 fully saturated rings. The van der Waals surface area contributed by atoms with Crippen molar-refractivity contribution in [3.8, 4) is 6.01 Å². The SMILES string of the molecule is Cc1c(F)ccc(N/C=C(\N)COc2ncc(C(C)C)cn2)c1F. The molecule has 24 heavy (non-hydrogen) atoms. The fourth-order valence-electron chi connectivity index (χ4n) is 1.83. The predicted molar refractivity (Wildman–Crippen MR) is 88.6 cm³/mol. The Morgan fingerprint density at radius 1 is 1.29 bits per heavy atom. The first kappa shape index (κ1) is 17.7. The van der Waals surface area contributed by atoms with Crippen molar-refractivity contribution in [1.29, 1.82) is 0 Å². The first-order chi connectivity index (χ1) is 11.4. The van der Waals surface area contributed by atoms with E-state index in [9.17, 15) is 8.78 Å². The summed E-state index contributed by atoms with van der Waals surface area (Å²) in [7, 11) is 0. The number of ether oxygens (including phenoxy) is 1. The molecule has 0 aliphatic carbocycles. The molecule has 0 atom stereocenters. The summed E-state index contributed by atoms with van der Waals surface area (Å²) >= 11 is 0. The molecule has 0 saturated carbocycles. The molecule has 1 aromatic carbocycles. The van der Waals surface area contributed by atoms with E-state index in [0.717, 1.165) is 5.56 Å². The summed E-state index contributed by atoms with van der Waals surface area (Å²) in [4.78, 5) is 8.17. The van der Waals surface area contributed by atoms with Crippen LogP contribution in [-0.4, -0.2) is 16.6 Å². The van der Waals surface area contributed by atoms with Gasteiger partial charge in [0, 0.05) is 24.2 Å². The maximum atomic E-state index is 13.8. The van der Waals surface area contributed by atoms with Gasteiger partial charge in [0.2, 0.25) is 0 Å². The Balaban J connectivity index is 1.93. The highest BCUT2D eigenvalue weighted by molar-refractivity contribution is 5.50. The van der Waals surface area contributed by atoms with Crippen molar-refractivity contribution in [2.24, 2.45) is 5.73 Å². The summed E-state index contributed by atoms with van der Waals surface area (Å²) < 4.78 is 32.4. The molecule has 0 bridgehead atoms. The normalized spacial score (nSPS) is 11.7. The average Bonchev–Trinajstić information content (AvgIpc) is 2.57. The Bertz CT molecular complexity index is 730. The molecular formula is C17H20F2N4O. The van der Waals surface area contributed by atoms with E-state index in [1.54, 1.807) is 12.4 Å². The maximum Gasteiger partial charge on any atom is 0.316 e. The van der Waals surface area contributed by atoms with Crippen molar-refractivity contribution >= 4 is 5.69 Å². The van der Waals surface area contributed by atoms with Crippen LogP contribution in [0.3, 0.4) is 0 Å². The van der Waals surface area contributed by atoms with Crippen LogP contribution in [0.2, 0.25) is 0 Å². The van der Waals surface area contributed by atoms with E-state index in [-0.39, 0.29) is 23.9 Å². The van der Waals surface area contributed by atoms with Gasteiger partial charge in [0.25, 0.3) is 0 Å². The maximum absolute atomic E-state index is 13.8. The van der Waals surface area contributed by atoms with Crippen molar-refractivity contribution in [3.63, 3.8) is 0 Å². The quantitative estimate of drug-likeness (QED) is 0.846. The van der Waals surface area contributed by atoms with Crippen LogP contribution in [0.1, 0.15) is 30.9 Å². The van der Waals surface area contributed by atoms with Gasteiger partial charge in [-0.2, -0.15) is 0 Å². The molecule has 2 aromatic rings. The predicted octanol–water partition coefficient (Wildman–Crippen LogP) is 3.48. The Morgan fingerprint density at radius 2 is 1.96 bits per heavy atom. The molecule has 1 heterocycles. The lowest BCUT2D eigenvalue weighted by Gasteiger charge is -2.09. The smallest absolute Gasteiger partial charge is 0.316 e. The van der Waals surface area contributed by atoms with Crippen molar-refractivity contribution in [2.45, 2.75) is 26.7 Å². The number of hydrogen-bond donors (Lipinski definition) is 2. The minimum Gasteiger partial charge on any atom is -0.457 e. The highest BCUT2D eigenvalue weighted by Crippen LogP contribution is 2.20. The van der Waals surface area contributed by atoms with E-state index < -0.39 is 11.6 Å². The largest absolute Gasteiger partial charge is 0.457 e. The molecule has 0 aliphatic heterocycles. The molecule has 0 radical (unpaired) electrons. The third-order valence-electron chi connectivity index (χ3n) is 3.42. The summed E-state index contributed by atoms with van der Waals surface area (Å²) in [6, 6.07) is 2.70. The minimum absolute atomic E-state index is 0.0375. The van der Waals surface area contributed by atoms with Gasteiger partial charge in [0.15, 0.2) is 5.82 Å². The standard InChI is InChI=1S/C17H20F2N4O/c1-10(2)12-6-22-17(23-7-12)24-9-13(20)8-21-15-5-4-14(18)11(3)16(15)19/h4-8,10,21H,9,20H2,1-3H3/b13-8-. The number of halogens is 2. The Hall–Kier alpha value is -2.70. The van der Waals surface area contributed by atoms with Crippen LogP contribution in [0.4, 0.5) is 14.5 Å². The van der Waals surface area contributed by atoms with E-state index in [1.165, 1.54) is 25.3 Å². The summed E-state index contributed by atoms with van der Waals surface area (Å²) in [5.74, 6) is -0.921. The van der Waals surface area contributed by atoms with Crippen LogP contribution in [0, 0.1) is 18.6 Å². The first-order valence-electron chi connectivity index (χ1n) is 7.49. The summed E-state index contributed by atoms with van der Waals surface area (Å²) in [5.41, 5.74) is 7.19. The van der Waals surface area contributed by atoms with Crippen LogP contribution in [-0.2, 0) is 0 Å². The minimum atomic E-state index is -0.660. The van der Waals surface area contributed by atoms with Gasteiger partial charge in [0.05, 0.1) is 11.4 Å². The molecular weight excluding hydrogens is 314 g/mol. The van der Waals surface area contributed by atoms with Crippen LogP contribution in [0.15, 0.2) is 36.4 Å². The molecule has 0 amide bonds. The van der Waals surface area contributed by atoms with E-state index in [4.69, 9.17) is 10.5 Å². The van der Waals surface area contributed by atoms with Gasteiger partial charge in [-0.3, -0.25) is 0 Å². The number of hydrogen-bond acceptors (Lipinski definition) is 5. The number of nitrogens with two attached hydrogens (primary N) is 1. The Kier molecular flexibility index (Phi) is 5.68. The van der Waals surface area contributed by atoms with Crippen LogP contribution in [0.5, 0.6) is 6.01 Å². The van der Waals surface area contributed by atoms with E-state index in [2.05, 4.69) is 15.3 Å². The fourth-order valence-corrected chi connectivity index (χ4v) is 1.83. The number of benzene rings is 1. The average molecular weight is 334 g/mol. The monoisotopic (exact) mass is 334 g/mol. The molecule has 7 heteroatoms. The fraction of sp³-hybridized carbons (Fsp3) is 0.294. The highest BCUT2D eigenvalue weighted by atomic mass is 19.1. The molecule has 0 saturated heterocycles. The molecule has 0 spiro atoms. The zero-order chi connectivity index (χ0) is 17.7. The number of nitrogens with one attached hydrogen (secondary N) is 1. The number of aromatic nitrogens is 2. The lowest BCUT2D eigenvalue weighted by atomic mass is 10.1. The third kappa shape index (κ3) is 4.41.